The van der Waals surface area contributed by atoms with E-state index in [0.717, 1.165) is 11.8 Å². The second kappa shape index (κ2) is 7.10. The molecule has 2 spiro atoms. The van der Waals surface area contributed by atoms with Crippen molar-refractivity contribution in [1.82, 2.24) is 20.0 Å². The molecule has 0 amide bonds. The van der Waals surface area contributed by atoms with Crippen LogP contribution in [0.1, 0.15) is 38.5 Å². The molecule has 4 rings (SSSR count). The normalized spacial score (nSPS) is 37.6. The van der Waals surface area contributed by atoms with Crippen molar-refractivity contribution in [3.8, 4) is 0 Å². The van der Waals surface area contributed by atoms with Gasteiger partial charge in [0.05, 0.1) is 0 Å². The van der Waals surface area contributed by atoms with Gasteiger partial charge in [0, 0.05) is 6.54 Å². The summed E-state index contributed by atoms with van der Waals surface area (Å²) in [4.78, 5) is 7.76. The van der Waals surface area contributed by atoms with Crippen LogP contribution in [0.4, 0.5) is 0 Å². The zero-order chi connectivity index (χ0) is 17.5. The molecule has 4 nitrogen and oxygen atoms in total. The Bertz CT molecular complexity index is 441. The first kappa shape index (κ1) is 18.2. The zero-order valence-corrected chi connectivity index (χ0v) is 16.9. The average Bonchev–Trinajstić information content (AvgIpc) is 2.63. The lowest BCUT2D eigenvalue weighted by Gasteiger charge is -2.59. The number of nitrogens with zero attached hydrogens (tertiary/aromatic N) is 3. The second-order valence-corrected chi connectivity index (χ2v) is 10.0. The monoisotopic (exact) mass is 348 g/mol. The molecule has 2 unspecified atom stereocenters. The minimum absolute atomic E-state index is 0.622. The van der Waals surface area contributed by atoms with Gasteiger partial charge in [0.15, 0.2) is 0 Å². The fourth-order valence-electron chi connectivity index (χ4n) is 6.71. The number of hydrogen-bond acceptors (Lipinski definition) is 4. The van der Waals surface area contributed by atoms with Gasteiger partial charge >= 0.3 is 0 Å². The van der Waals surface area contributed by atoms with Gasteiger partial charge in [-0.25, -0.2) is 0 Å². The molecule has 0 aromatic heterocycles. The zero-order valence-electron chi connectivity index (χ0n) is 16.9. The van der Waals surface area contributed by atoms with Gasteiger partial charge in [0.25, 0.3) is 0 Å². The van der Waals surface area contributed by atoms with Gasteiger partial charge in [-0.1, -0.05) is 0 Å². The maximum atomic E-state index is 3.82. The predicted molar refractivity (Wildman–Crippen MR) is 105 cm³/mol. The van der Waals surface area contributed by atoms with E-state index in [1.807, 2.05) is 0 Å². The molecule has 4 aliphatic rings. The molecule has 0 radical (unpaired) electrons. The quantitative estimate of drug-likeness (QED) is 0.782. The molecule has 4 fully saturated rings. The van der Waals surface area contributed by atoms with Crippen LogP contribution >= 0.6 is 0 Å². The van der Waals surface area contributed by atoms with E-state index in [2.05, 4.69) is 41.2 Å². The molecule has 144 valence electrons. The van der Waals surface area contributed by atoms with Crippen LogP contribution in [0.25, 0.3) is 0 Å². The fourth-order valence-corrected chi connectivity index (χ4v) is 6.71. The first-order chi connectivity index (χ1) is 12.0. The van der Waals surface area contributed by atoms with Gasteiger partial charge < -0.3 is 20.0 Å². The number of hydrogen-bond donors (Lipinski definition) is 1. The molecule has 25 heavy (non-hydrogen) atoms. The molecule has 0 saturated carbocycles. The average molecular weight is 349 g/mol. The van der Waals surface area contributed by atoms with Crippen molar-refractivity contribution < 1.29 is 0 Å². The summed E-state index contributed by atoms with van der Waals surface area (Å²) in [5.41, 5.74) is 1.25. The van der Waals surface area contributed by atoms with Crippen LogP contribution in [0.15, 0.2) is 0 Å². The maximum Gasteiger partial charge on any atom is 0.00153 e. The second-order valence-electron chi connectivity index (χ2n) is 10.0. The SMILES string of the molecule is CN1CCC2(CCNCC2C2CN(C)CCC23CCN(C)CC3)CC1. The Morgan fingerprint density at radius 1 is 0.640 bits per heavy atom. The topological polar surface area (TPSA) is 21.8 Å². The Morgan fingerprint density at radius 2 is 1.12 bits per heavy atom. The molecule has 4 heteroatoms. The molecule has 0 aliphatic carbocycles. The van der Waals surface area contributed by atoms with Gasteiger partial charge in [-0.15, -0.1) is 0 Å². The Balaban J connectivity index is 1.61. The van der Waals surface area contributed by atoms with E-state index in [9.17, 15) is 0 Å². The summed E-state index contributed by atoms with van der Waals surface area (Å²) in [6, 6.07) is 0. The highest BCUT2D eigenvalue weighted by Gasteiger charge is 2.53. The van der Waals surface area contributed by atoms with Gasteiger partial charge in [-0.05, 0) is 128 Å². The maximum absolute atomic E-state index is 3.82. The smallest absolute Gasteiger partial charge is 0.00153 e. The molecule has 0 aromatic carbocycles. The van der Waals surface area contributed by atoms with Crippen LogP contribution in [-0.2, 0) is 0 Å². The van der Waals surface area contributed by atoms with Crippen molar-refractivity contribution in [2.24, 2.45) is 22.7 Å². The minimum Gasteiger partial charge on any atom is -0.316 e. The van der Waals surface area contributed by atoms with Crippen LogP contribution in [0.5, 0.6) is 0 Å². The summed E-state index contributed by atoms with van der Waals surface area (Å²) in [5.74, 6) is 1.79. The minimum atomic E-state index is 0.622. The van der Waals surface area contributed by atoms with Crippen LogP contribution in [0.2, 0.25) is 0 Å². The molecule has 2 atom stereocenters. The Morgan fingerprint density at radius 3 is 1.68 bits per heavy atom. The molecular formula is C21H40N4. The van der Waals surface area contributed by atoms with Crippen LogP contribution in [0, 0.1) is 22.7 Å². The number of rotatable bonds is 1. The van der Waals surface area contributed by atoms with Crippen molar-refractivity contribution in [2.75, 3.05) is 73.5 Å². The highest BCUT2D eigenvalue weighted by Crippen LogP contribution is 2.55. The van der Waals surface area contributed by atoms with Gasteiger partial charge in [-0.3, -0.25) is 0 Å². The molecular weight excluding hydrogens is 308 g/mol. The van der Waals surface area contributed by atoms with Crippen molar-refractivity contribution in [3.05, 3.63) is 0 Å². The number of nitrogens with one attached hydrogen (secondary N) is 1. The lowest BCUT2D eigenvalue weighted by molar-refractivity contribution is -0.0938. The van der Waals surface area contributed by atoms with E-state index < -0.39 is 0 Å². The van der Waals surface area contributed by atoms with Gasteiger partial charge in [0.1, 0.15) is 0 Å². The largest absolute Gasteiger partial charge is 0.316 e. The molecule has 1 N–H and O–H groups in total. The third-order valence-corrected chi connectivity index (χ3v) is 8.69. The lowest BCUT2D eigenvalue weighted by atomic mass is 9.52. The van der Waals surface area contributed by atoms with Crippen molar-refractivity contribution in [3.63, 3.8) is 0 Å². The van der Waals surface area contributed by atoms with Crippen molar-refractivity contribution >= 4 is 0 Å². The van der Waals surface area contributed by atoms with E-state index in [0.29, 0.717) is 10.8 Å². The molecule has 4 aliphatic heterocycles. The standard InChI is InChI=1S/C21H40N4/c1-23-11-5-20(6-12-23)4-10-22-16-18(20)19-17-25(3)15-9-21(19)7-13-24(2)14-8-21/h18-19,22H,4-17H2,1-3H3. The highest BCUT2D eigenvalue weighted by atomic mass is 15.1. The molecule has 4 saturated heterocycles. The van der Waals surface area contributed by atoms with Crippen LogP contribution in [0.3, 0.4) is 0 Å². The summed E-state index contributed by atoms with van der Waals surface area (Å²) in [6.45, 7) is 10.4. The van der Waals surface area contributed by atoms with Gasteiger partial charge in [-0.2, -0.15) is 0 Å². The van der Waals surface area contributed by atoms with E-state index in [1.165, 1.54) is 90.9 Å². The first-order valence-electron chi connectivity index (χ1n) is 10.8. The lowest BCUT2D eigenvalue weighted by Crippen LogP contribution is -2.60. The highest BCUT2D eigenvalue weighted by molar-refractivity contribution is 5.05. The number of piperidine rings is 4. The Kier molecular flexibility index (Phi) is 5.18. The summed E-state index contributed by atoms with van der Waals surface area (Å²) in [5, 5.41) is 3.82. The van der Waals surface area contributed by atoms with Crippen molar-refractivity contribution in [2.45, 2.75) is 38.5 Å². The summed E-state index contributed by atoms with van der Waals surface area (Å²) < 4.78 is 0. The fraction of sp³-hybridized carbons (Fsp3) is 1.00. The molecule has 0 aromatic rings. The van der Waals surface area contributed by atoms with Crippen molar-refractivity contribution in [1.29, 1.82) is 0 Å². The van der Waals surface area contributed by atoms with Crippen LogP contribution < -0.4 is 5.32 Å². The molecule has 0 bridgehead atoms. The third kappa shape index (κ3) is 3.40. The summed E-state index contributed by atoms with van der Waals surface area (Å²) in [6.07, 6.45) is 8.61. The molecule has 4 heterocycles. The van der Waals surface area contributed by atoms with Gasteiger partial charge in [0.2, 0.25) is 0 Å². The van der Waals surface area contributed by atoms with E-state index in [-0.39, 0.29) is 0 Å². The summed E-state index contributed by atoms with van der Waals surface area (Å²) in [7, 11) is 7.00. The van der Waals surface area contributed by atoms with E-state index in [1.54, 1.807) is 0 Å². The first-order valence-corrected chi connectivity index (χ1v) is 10.8. The Hall–Kier alpha value is -0.160. The number of likely N-dealkylation sites (tertiary alicyclic amines) is 3. The van der Waals surface area contributed by atoms with E-state index >= 15 is 0 Å². The van der Waals surface area contributed by atoms with Crippen LogP contribution in [-0.4, -0.2) is 88.2 Å². The Labute approximate surface area is 155 Å². The predicted octanol–water partition coefficient (Wildman–Crippen LogP) is 1.97. The van der Waals surface area contributed by atoms with E-state index in [4.69, 9.17) is 0 Å². The third-order valence-electron chi connectivity index (χ3n) is 8.69. The summed E-state index contributed by atoms with van der Waals surface area (Å²) >= 11 is 0.